The summed E-state index contributed by atoms with van der Waals surface area (Å²) in [7, 11) is 1.83. The van der Waals surface area contributed by atoms with E-state index in [1.165, 1.54) is 6.07 Å². The van der Waals surface area contributed by atoms with Crippen molar-refractivity contribution in [3.8, 4) is 0 Å². The van der Waals surface area contributed by atoms with Crippen molar-refractivity contribution in [2.75, 3.05) is 12.4 Å². The highest BCUT2D eigenvalue weighted by Gasteiger charge is 2.18. The van der Waals surface area contributed by atoms with E-state index in [-0.39, 0.29) is 10.4 Å². The van der Waals surface area contributed by atoms with E-state index < -0.39 is 5.82 Å². The van der Waals surface area contributed by atoms with E-state index in [1.54, 1.807) is 6.07 Å². The van der Waals surface area contributed by atoms with Crippen LogP contribution in [0.5, 0.6) is 0 Å². The van der Waals surface area contributed by atoms with Gasteiger partial charge in [-0.2, -0.15) is 0 Å². The first-order valence-electron chi connectivity index (χ1n) is 5.81. The fourth-order valence-electron chi connectivity index (χ4n) is 1.81. The van der Waals surface area contributed by atoms with E-state index in [2.05, 4.69) is 31.1 Å². The minimum absolute atomic E-state index is 0.0874. The van der Waals surface area contributed by atoms with Crippen LogP contribution in [-0.2, 0) is 5.41 Å². The van der Waals surface area contributed by atoms with Gasteiger partial charge in [-0.05, 0) is 12.1 Å². The summed E-state index contributed by atoms with van der Waals surface area (Å²) in [4.78, 5) is 4.52. The lowest BCUT2D eigenvalue weighted by atomic mass is 9.91. The molecule has 0 bridgehead atoms. The van der Waals surface area contributed by atoms with E-state index in [0.29, 0.717) is 5.52 Å². The standard InChI is InChI=1S/C14H16ClFN2/c1-14(2,3)13-7-11(17-4)8-5-9(15)10(16)6-12(8)18-13/h5-7H,1-4H3,(H,17,18). The lowest BCUT2D eigenvalue weighted by Gasteiger charge is -2.20. The monoisotopic (exact) mass is 266 g/mol. The molecule has 2 rings (SSSR count). The fraction of sp³-hybridized carbons (Fsp3) is 0.357. The molecule has 2 nitrogen and oxygen atoms in total. The Morgan fingerprint density at radius 1 is 1.22 bits per heavy atom. The van der Waals surface area contributed by atoms with Gasteiger partial charge < -0.3 is 5.32 Å². The molecule has 0 radical (unpaired) electrons. The number of pyridine rings is 1. The van der Waals surface area contributed by atoms with Crippen molar-refractivity contribution in [2.45, 2.75) is 26.2 Å². The van der Waals surface area contributed by atoms with Crippen LogP contribution in [0.25, 0.3) is 10.9 Å². The summed E-state index contributed by atoms with van der Waals surface area (Å²) in [6, 6.07) is 4.97. The molecule has 0 amide bonds. The second-order valence-electron chi connectivity index (χ2n) is 5.34. The molecule has 4 heteroatoms. The number of halogens is 2. The summed E-state index contributed by atoms with van der Waals surface area (Å²) >= 11 is 5.82. The highest BCUT2D eigenvalue weighted by molar-refractivity contribution is 6.31. The van der Waals surface area contributed by atoms with Crippen LogP contribution in [0.15, 0.2) is 18.2 Å². The van der Waals surface area contributed by atoms with Gasteiger partial charge in [0.1, 0.15) is 5.82 Å². The Bertz CT molecular complexity index is 603. The predicted octanol–water partition coefficient (Wildman–Crippen LogP) is 4.37. The maximum Gasteiger partial charge on any atom is 0.143 e. The smallest absolute Gasteiger partial charge is 0.143 e. The average Bonchev–Trinajstić information content (AvgIpc) is 2.28. The maximum absolute atomic E-state index is 13.5. The maximum atomic E-state index is 13.5. The van der Waals surface area contributed by atoms with Crippen LogP contribution in [0.1, 0.15) is 26.5 Å². The normalized spacial score (nSPS) is 11.9. The largest absolute Gasteiger partial charge is 0.388 e. The molecule has 0 aliphatic carbocycles. The van der Waals surface area contributed by atoms with Gasteiger partial charge in [-0.25, -0.2) is 4.39 Å². The summed E-state index contributed by atoms with van der Waals surface area (Å²) in [6.07, 6.45) is 0. The van der Waals surface area contributed by atoms with Crippen molar-refractivity contribution < 1.29 is 4.39 Å². The van der Waals surface area contributed by atoms with E-state index >= 15 is 0 Å². The SMILES string of the molecule is CNc1cc(C(C)(C)C)nc2cc(F)c(Cl)cc12. The first-order valence-corrected chi connectivity index (χ1v) is 6.19. The molecule has 1 aromatic heterocycles. The highest BCUT2D eigenvalue weighted by Crippen LogP contribution is 2.31. The van der Waals surface area contributed by atoms with Crippen molar-refractivity contribution in [3.63, 3.8) is 0 Å². The first kappa shape index (κ1) is 13.1. The molecule has 1 N–H and O–H groups in total. The molecular formula is C14H16ClFN2. The van der Waals surface area contributed by atoms with Crippen molar-refractivity contribution >= 4 is 28.2 Å². The number of anilines is 1. The van der Waals surface area contributed by atoms with Gasteiger partial charge in [-0.15, -0.1) is 0 Å². The molecule has 1 heterocycles. The summed E-state index contributed by atoms with van der Waals surface area (Å²) in [5.74, 6) is -0.440. The van der Waals surface area contributed by atoms with Gasteiger partial charge in [-0.1, -0.05) is 32.4 Å². The third-order valence-electron chi connectivity index (χ3n) is 2.89. The summed E-state index contributed by atoms with van der Waals surface area (Å²) in [5, 5.41) is 4.05. The highest BCUT2D eigenvalue weighted by atomic mass is 35.5. The van der Waals surface area contributed by atoms with E-state index in [1.807, 2.05) is 13.1 Å². The lowest BCUT2D eigenvalue weighted by molar-refractivity contribution is 0.571. The third-order valence-corrected chi connectivity index (χ3v) is 3.18. The molecule has 0 fully saturated rings. The van der Waals surface area contributed by atoms with Gasteiger partial charge in [0.05, 0.1) is 10.5 Å². The van der Waals surface area contributed by atoms with Gasteiger partial charge in [-0.3, -0.25) is 4.98 Å². The predicted molar refractivity (Wildman–Crippen MR) is 75.0 cm³/mol. The topological polar surface area (TPSA) is 24.9 Å². The van der Waals surface area contributed by atoms with E-state index in [4.69, 9.17) is 11.6 Å². The fourth-order valence-corrected chi connectivity index (χ4v) is 1.98. The Morgan fingerprint density at radius 2 is 1.89 bits per heavy atom. The quantitative estimate of drug-likeness (QED) is 0.829. The van der Waals surface area contributed by atoms with Crippen LogP contribution in [0.4, 0.5) is 10.1 Å². The molecule has 1 aromatic carbocycles. The zero-order valence-corrected chi connectivity index (χ0v) is 11.7. The molecular weight excluding hydrogens is 251 g/mol. The number of benzene rings is 1. The number of hydrogen-bond acceptors (Lipinski definition) is 2. The molecule has 0 spiro atoms. The van der Waals surface area contributed by atoms with Crippen molar-refractivity contribution in [2.24, 2.45) is 0 Å². The van der Waals surface area contributed by atoms with Crippen molar-refractivity contribution in [3.05, 3.63) is 34.7 Å². The van der Waals surface area contributed by atoms with Crippen molar-refractivity contribution in [1.82, 2.24) is 4.98 Å². The van der Waals surface area contributed by atoms with Crippen LogP contribution < -0.4 is 5.32 Å². The Labute approximate surface area is 111 Å². The van der Waals surface area contributed by atoms with Crippen LogP contribution in [0, 0.1) is 5.82 Å². The summed E-state index contributed by atoms with van der Waals surface area (Å²) in [5.41, 5.74) is 2.36. The molecule has 0 unspecified atom stereocenters. The molecule has 0 atom stereocenters. The number of nitrogens with zero attached hydrogens (tertiary/aromatic N) is 1. The van der Waals surface area contributed by atoms with Crippen LogP contribution in [0.3, 0.4) is 0 Å². The molecule has 2 aromatic rings. The van der Waals surface area contributed by atoms with E-state index in [9.17, 15) is 4.39 Å². The summed E-state index contributed by atoms with van der Waals surface area (Å²) in [6.45, 7) is 6.23. The van der Waals surface area contributed by atoms with Crippen LogP contribution in [0.2, 0.25) is 5.02 Å². The minimum Gasteiger partial charge on any atom is -0.388 e. The molecule has 0 saturated heterocycles. The number of fused-ring (bicyclic) bond motifs is 1. The van der Waals surface area contributed by atoms with Gasteiger partial charge in [0.2, 0.25) is 0 Å². The number of rotatable bonds is 1. The zero-order valence-electron chi connectivity index (χ0n) is 10.9. The lowest BCUT2D eigenvalue weighted by Crippen LogP contribution is -2.14. The molecule has 18 heavy (non-hydrogen) atoms. The number of aromatic nitrogens is 1. The Morgan fingerprint density at radius 3 is 2.44 bits per heavy atom. The molecule has 96 valence electrons. The average molecular weight is 267 g/mol. The number of nitrogens with one attached hydrogen (secondary N) is 1. The molecule has 0 aliphatic rings. The zero-order chi connectivity index (χ0) is 13.5. The Kier molecular flexibility index (Phi) is 3.20. The van der Waals surface area contributed by atoms with Crippen LogP contribution >= 0.6 is 11.6 Å². The van der Waals surface area contributed by atoms with Gasteiger partial charge in [0, 0.05) is 35.3 Å². The molecule has 0 aliphatic heterocycles. The van der Waals surface area contributed by atoms with Crippen LogP contribution in [-0.4, -0.2) is 12.0 Å². The van der Waals surface area contributed by atoms with Gasteiger partial charge >= 0.3 is 0 Å². The van der Waals surface area contributed by atoms with Crippen molar-refractivity contribution in [1.29, 1.82) is 0 Å². The Hall–Kier alpha value is -1.35. The Balaban J connectivity index is 2.80. The third kappa shape index (κ3) is 2.27. The minimum atomic E-state index is -0.440. The van der Waals surface area contributed by atoms with E-state index in [0.717, 1.165) is 16.8 Å². The first-order chi connectivity index (χ1) is 8.32. The van der Waals surface area contributed by atoms with Gasteiger partial charge in [0.15, 0.2) is 0 Å². The molecule has 0 saturated carbocycles. The number of hydrogen-bond donors (Lipinski definition) is 1. The second-order valence-corrected chi connectivity index (χ2v) is 5.75. The summed E-state index contributed by atoms with van der Waals surface area (Å²) < 4.78 is 13.5. The van der Waals surface area contributed by atoms with Gasteiger partial charge in [0.25, 0.3) is 0 Å². The second kappa shape index (κ2) is 4.39.